The van der Waals surface area contributed by atoms with E-state index in [1.54, 1.807) is 13.8 Å². The van der Waals surface area contributed by atoms with Gasteiger partial charge in [0.15, 0.2) is 5.65 Å². The molecule has 0 unspecified atom stereocenters. The first-order valence-electron chi connectivity index (χ1n) is 11.3. The molecular weight excluding hydrogens is 402 g/mol. The maximum absolute atomic E-state index is 10.3. The first kappa shape index (κ1) is 20.8. The molecule has 0 bridgehead atoms. The van der Waals surface area contributed by atoms with Crippen molar-refractivity contribution < 1.29 is 9.84 Å². The summed E-state index contributed by atoms with van der Waals surface area (Å²) in [5.41, 5.74) is 4.99. The lowest BCUT2D eigenvalue weighted by atomic mass is 9.98. The number of aryl methyl sites for hydroxylation is 1. The predicted molar refractivity (Wildman–Crippen MR) is 124 cm³/mol. The highest BCUT2D eigenvalue weighted by atomic mass is 16.5. The topological polar surface area (TPSA) is 78.0 Å². The number of aromatic nitrogens is 5. The molecule has 1 N–H and O–H groups in total. The smallest absolute Gasteiger partial charge is 0.158 e. The molecule has 32 heavy (non-hydrogen) atoms. The second-order valence-electron chi connectivity index (χ2n) is 8.88. The fourth-order valence-electron chi connectivity index (χ4n) is 4.51. The van der Waals surface area contributed by atoms with E-state index in [9.17, 15) is 5.11 Å². The Hall–Kier alpha value is -3.03. The van der Waals surface area contributed by atoms with Gasteiger partial charge in [-0.2, -0.15) is 10.2 Å². The minimum atomic E-state index is -0.877. The van der Waals surface area contributed by atoms with Crippen molar-refractivity contribution in [3.63, 3.8) is 0 Å². The highest BCUT2D eigenvalue weighted by molar-refractivity contribution is 5.94. The molecule has 4 heterocycles. The van der Waals surface area contributed by atoms with Crippen LogP contribution in [0.15, 0.2) is 48.8 Å². The van der Waals surface area contributed by atoms with Crippen LogP contribution in [-0.2, 0) is 16.8 Å². The van der Waals surface area contributed by atoms with Crippen LogP contribution in [0, 0.1) is 0 Å². The Bertz CT molecular complexity index is 1230. The molecule has 5 rings (SSSR count). The first-order valence-corrected chi connectivity index (χ1v) is 11.3. The van der Waals surface area contributed by atoms with Gasteiger partial charge in [0.1, 0.15) is 0 Å². The Labute approximate surface area is 187 Å². The first-order chi connectivity index (χ1) is 15.5. The van der Waals surface area contributed by atoms with Gasteiger partial charge in [0.2, 0.25) is 0 Å². The van der Waals surface area contributed by atoms with Crippen molar-refractivity contribution in [1.82, 2.24) is 24.5 Å². The Balaban J connectivity index is 1.62. The van der Waals surface area contributed by atoms with Gasteiger partial charge in [0, 0.05) is 25.0 Å². The van der Waals surface area contributed by atoms with E-state index in [2.05, 4.69) is 22.8 Å². The summed E-state index contributed by atoms with van der Waals surface area (Å²) in [5.74, 6) is 0. The van der Waals surface area contributed by atoms with Crippen molar-refractivity contribution in [2.75, 3.05) is 13.2 Å². The molecular formula is C25H29N5O2. The highest BCUT2D eigenvalue weighted by Gasteiger charge is 2.24. The molecule has 0 amide bonds. The standard InChI is InChI=1S/C25H29N5O2/c1-4-21-23-20(9-13-26-24(23)30(28-21)19-11-15-32-16-12-19)22-10-14-27-29(22)18-7-5-17(6-8-18)25(2,3)31/h5-10,13-14,19,31H,4,11-12,15-16H2,1-3H3. The third kappa shape index (κ3) is 3.61. The minimum Gasteiger partial charge on any atom is -0.386 e. The van der Waals surface area contributed by atoms with Gasteiger partial charge >= 0.3 is 0 Å². The third-order valence-corrected chi connectivity index (χ3v) is 6.27. The largest absolute Gasteiger partial charge is 0.386 e. The van der Waals surface area contributed by atoms with Crippen molar-refractivity contribution >= 4 is 11.0 Å². The summed E-state index contributed by atoms with van der Waals surface area (Å²) in [5, 5.41) is 21.0. The molecule has 7 nitrogen and oxygen atoms in total. The van der Waals surface area contributed by atoms with E-state index in [1.807, 2.05) is 47.4 Å². The van der Waals surface area contributed by atoms with Crippen LogP contribution in [0.5, 0.6) is 0 Å². The monoisotopic (exact) mass is 431 g/mol. The van der Waals surface area contributed by atoms with Crippen LogP contribution in [0.4, 0.5) is 0 Å². The number of nitrogens with zero attached hydrogens (tertiary/aromatic N) is 5. The molecule has 0 atom stereocenters. The maximum atomic E-state index is 10.3. The van der Waals surface area contributed by atoms with Gasteiger partial charge in [0.05, 0.1) is 40.3 Å². The quantitative estimate of drug-likeness (QED) is 0.506. The van der Waals surface area contributed by atoms with Crippen LogP contribution >= 0.6 is 0 Å². The number of pyridine rings is 1. The average molecular weight is 432 g/mol. The van der Waals surface area contributed by atoms with Gasteiger partial charge in [0.25, 0.3) is 0 Å². The fraction of sp³-hybridized carbons (Fsp3) is 0.400. The number of ether oxygens (including phenoxy) is 1. The zero-order chi connectivity index (χ0) is 22.3. The van der Waals surface area contributed by atoms with Crippen LogP contribution in [0.25, 0.3) is 28.0 Å². The lowest BCUT2D eigenvalue weighted by Crippen LogP contribution is -2.20. The molecule has 1 aliphatic rings. The molecule has 0 aliphatic carbocycles. The van der Waals surface area contributed by atoms with Crippen molar-refractivity contribution in [2.45, 2.75) is 51.7 Å². The zero-order valence-corrected chi connectivity index (χ0v) is 18.8. The molecule has 1 fully saturated rings. The van der Waals surface area contributed by atoms with E-state index < -0.39 is 5.60 Å². The number of rotatable bonds is 5. The van der Waals surface area contributed by atoms with Gasteiger partial charge in [-0.05, 0) is 62.9 Å². The normalized spacial score (nSPS) is 15.5. The van der Waals surface area contributed by atoms with Gasteiger partial charge in [-0.25, -0.2) is 14.3 Å². The Morgan fingerprint density at radius 1 is 1.06 bits per heavy atom. The van der Waals surface area contributed by atoms with E-state index in [1.165, 1.54) is 0 Å². The number of hydrogen-bond acceptors (Lipinski definition) is 5. The number of aliphatic hydroxyl groups is 1. The van der Waals surface area contributed by atoms with Gasteiger partial charge in [-0.3, -0.25) is 0 Å². The molecule has 0 spiro atoms. The third-order valence-electron chi connectivity index (χ3n) is 6.27. The van der Waals surface area contributed by atoms with Crippen molar-refractivity contribution in [3.8, 4) is 16.9 Å². The molecule has 4 aromatic rings. The molecule has 1 saturated heterocycles. The maximum Gasteiger partial charge on any atom is 0.158 e. The molecule has 1 aromatic carbocycles. The summed E-state index contributed by atoms with van der Waals surface area (Å²) in [6.07, 6.45) is 6.43. The van der Waals surface area contributed by atoms with Gasteiger partial charge in [-0.15, -0.1) is 0 Å². The van der Waals surface area contributed by atoms with Crippen LogP contribution in [-0.4, -0.2) is 42.9 Å². The Morgan fingerprint density at radius 2 is 1.81 bits per heavy atom. The Kier molecular flexibility index (Phi) is 5.31. The fourth-order valence-corrected chi connectivity index (χ4v) is 4.51. The van der Waals surface area contributed by atoms with E-state index in [-0.39, 0.29) is 0 Å². The molecule has 166 valence electrons. The summed E-state index contributed by atoms with van der Waals surface area (Å²) in [4.78, 5) is 4.74. The summed E-state index contributed by atoms with van der Waals surface area (Å²) in [6.45, 7) is 7.25. The van der Waals surface area contributed by atoms with Gasteiger partial charge in [-0.1, -0.05) is 19.1 Å². The summed E-state index contributed by atoms with van der Waals surface area (Å²) < 4.78 is 9.60. The second-order valence-corrected chi connectivity index (χ2v) is 8.88. The van der Waals surface area contributed by atoms with Gasteiger partial charge < -0.3 is 9.84 Å². The van der Waals surface area contributed by atoms with Crippen molar-refractivity contribution in [3.05, 3.63) is 60.0 Å². The van der Waals surface area contributed by atoms with Crippen LogP contribution in [0.3, 0.4) is 0 Å². The molecule has 7 heteroatoms. The minimum absolute atomic E-state index is 0.314. The SMILES string of the molecule is CCc1nn(C2CCOCC2)c2nccc(-c3ccnn3-c3ccc(C(C)(C)O)cc3)c12. The van der Waals surface area contributed by atoms with Crippen molar-refractivity contribution in [2.24, 2.45) is 0 Å². The van der Waals surface area contributed by atoms with E-state index in [4.69, 9.17) is 14.8 Å². The van der Waals surface area contributed by atoms with E-state index in [0.29, 0.717) is 6.04 Å². The highest BCUT2D eigenvalue weighted by Crippen LogP contribution is 2.34. The number of fused-ring (bicyclic) bond motifs is 1. The van der Waals surface area contributed by atoms with Crippen molar-refractivity contribution in [1.29, 1.82) is 0 Å². The molecule has 0 saturated carbocycles. The zero-order valence-electron chi connectivity index (χ0n) is 18.8. The summed E-state index contributed by atoms with van der Waals surface area (Å²) in [6, 6.07) is 12.3. The van der Waals surface area contributed by atoms with Crippen LogP contribution in [0.1, 0.15) is 50.9 Å². The van der Waals surface area contributed by atoms with E-state index >= 15 is 0 Å². The molecule has 1 aliphatic heterocycles. The number of benzene rings is 1. The molecule has 0 radical (unpaired) electrons. The Morgan fingerprint density at radius 3 is 2.50 bits per heavy atom. The lowest BCUT2D eigenvalue weighted by Gasteiger charge is -2.22. The average Bonchev–Trinajstić information content (AvgIpc) is 3.44. The molecule has 3 aromatic heterocycles. The lowest BCUT2D eigenvalue weighted by molar-refractivity contribution is 0.0672. The van der Waals surface area contributed by atoms with Crippen LogP contribution < -0.4 is 0 Å². The predicted octanol–water partition coefficient (Wildman–Crippen LogP) is 4.43. The van der Waals surface area contributed by atoms with E-state index in [0.717, 1.165) is 71.7 Å². The summed E-state index contributed by atoms with van der Waals surface area (Å²) >= 11 is 0. The van der Waals surface area contributed by atoms with Crippen LogP contribution in [0.2, 0.25) is 0 Å². The summed E-state index contributed by atoms with van der Waals surface area (Å²) in [7, 11) is 0. The number of hydrogen-bond donors (Lipinski definition) is 1. The second kappa shape index (κ2) is 8.15.